The fourth-order valence-corrected chi connectivity index (χ4v) is 3.16. The number of hydrogen-bond acceptors (Lipinski definition) is 3. The van der Waals surface area contributed by atoms with Gasteiger partial charge in [0.2, 0.25) is 0 Å². The van der Waals surface area contributed by atoms with Crippen molar-refractivity contribution in [3.63, 3.8) is 0 Å². The molecule has 0 aromatic rings. The van der Waals surface area contributed by atoms with Crippen molar-refractivity contribution >= 4 is 0 Å². The van der Waals surface area contributed by atoms with Gasteiger partial charge in [0.1, 0.15) is 0 Å². The van der Waals surface area contributed by atoms with Crippen LogP contribution in [0.5, 0.6) is 0 Å². The highest BCUT2D eigenvalue weighted by Gasteiger charge is 2.33. The third-order valence-corrected chi connectivity index (χ3v) is 3.88. The Balaban J connectivity index is 2.49. The normalized spacial score (nSPS) is 36.0. The van der Waals surface area contributed by atoms with Crippen molar-refractivity contribution in [1.29, 1.82) is 0 Å². The zero-order valence-electron chi connectivity index (χ0n) is 11.6. The van der Waals surface area contributed by atoms with Gasteiger partial charge in [0.05, 0.1) is 0 Å². The molecule has 0 amide bonds. The fourth-order valence-electron chi connectivity index (χ4n) is 3.16. The first-order valence-electron chi connectivity index (χ1n) is 6.52. The van der Waals surface area contributed by atoms with Crippen molar-refractivity contribution in [3.8, 4) is 0 Å². The van der Waals surface area contributed by atoms with Gasteiger partial charge in [-0.05, 0) is 45.8 Å². The summed E-state index contributed by atoms with van der Waals surface area (Å²) in [6, 6.07) is 0.919. The highest BCUT2D eigenvalue weighted by molar-refractivity contribution is 4.91. The molecule has 0 spiro atoms. The molecule has 4 unspecified atom stereocenters. The third-order valence-electron chi connectivity index (χ3n) is 3.88. The molecule has 96 valence electrons. The Bertz CT molecular complexity index is 193. The molecule has 1 rings (SSSR count). The van der Waals surface area contributed by atoms with Crippen molar-refractivity contribution in [2.75, 3.05) is 34.2 Å². The number of hydrogen-bond donors (Lipinski definition) is 1. The molecule has 1 fully saturated rings. The molecule has 0 saturated heterocycles. The van der Waals surface area contributed by atoms with Crippen LogP contribution in [0.4, 0.5) is 0 Å². The number of likely N-dealkylation sites (N-methyl/N-ethyl adjacent to an activating group) is 2. The maximum atomic E-state index is 6.31. The predicted octanol–water partition coefficient (Wildman–Crippen LogP) is 1.24. The Hall–Kier alpha value is -0.120. The lowest BCUT2D eigenvalue weighted by Gasteiger charge is -2.43. The Morgan fingerprint density at radius 1 is 1.06 bits per heavy atom. The van der Waals surface area contributed by atoms with E-state index in [4.69, 9.17) is 5.73 Å². The van der Waals surface area contributed by atoms with Crippen LogP contribution in [-0.2, 0) is 0 Å². The van der Waals surface area contributed by atoms with Crippen LogP contribution in [0.3, 0.4) is 0 Å². The van der Waals surface area contributed by atoms with Crippen molar-refractivity contribution < 1.29 is 0 Å². The highest BCUT2D eigenvalue weighted by atomic mass is 15.2. The van der Waals surface area contributed by atoms with E-state index in [1.54, 1.807) is 0 Å². The van der Waals surface area contributed by atoms with E-state index in [0.29, 0.717) is 12.1 Å². The molecule has 0 aromatic heterocycles. The second kappa shape index (κ2) is 5.99. The zero-order valence-corrected chi connectivity index (χ0v) is 11.6. The first-order valence-corrected chi connectivity index (χ1v) is 6.52. The molecule has 0 radical (unpaired) electrons. The summed E-state index contributed by atoms with van der Waals surface area (Å²) in [4.78, 5) is 4.69. The summed E-state index contributed by atoms with van der Waals surface area (Å²) < 4.78 is 0. The highest BCUT2D eigenvalue weighted by Crippen LogP contribution is 2.30. The van der Waals surface area contributed by atoms with Crippen LogP contribution in [-0.4, -0.2) is 56.1 Å². The van der Waals surface area contributed by atoms with Gasteiger partial charge in [-0.3, -0.25) is 0 Å². The van der Waals surface area contributed by atoms with E-state index in [2.05, 4.69) is 44.8 Å². The van der Waals surface area contributed by atoms with Crippen molar-refractivity contribution in [3.05, 3.63) is 0 Å². The Kier molecular flexibility index (Phi) is 5.22. The topological polar surface area (TPSA) is 32.5 Å². The molecule has 16 heavy (non-hydrogen) atoms. The maximum Gasteiger partial charge on any atom is 0.0270 e. The Morgan fingerprint density at radius 3 is 2.19 bits per heavy atom. The van der Waals surface area contributed by atoms with E-state index in [1.165, 1.54) is 12.8 Å². The van der Waals surface area contributed by atoms with Crippen LogP contribution in [0.25, 0.3) is 0 Å². The zero-order chi connectivity index (χ0) is 12.3. The Labute approximate surface area is 101 Å². The van der Waals surface area contributed by atoms with E-state index in [-0.39, 0.29) is 0 Å². The van der Waals surface area contributed by atoms with Gasteiger partial charge in [-0.15, -0.1) is 0 Å². The van der Waals surface area contributed by atoms with Gasteiger partial charge in [-0.25, -0.2) is 0 Å². The van der Waals surface area contributed by atoms with Gasteiger partial charge in [0, 0.05) is 25.2 Å². The summed E-state index contributed by atoms with van der Waals surface area (Å²) in [7, 11) is 6.47. The molecular formula is C13H29N3. The molecule has 0 bridgehead atoms. The van der Waals surface area contributed by atoms with Crippen LogP contribution >= 0.6 is 0 Å². The van der Waals surface area contributed by atoms with Crippen molar-refractivity contribution in [1.82, 2.24) is 9.80 Å². The summed E-state index contributed by atoms with van der Waals surface area (Å²) in [6.45, 7) is 6.91. The molecule has 0 aromatic carbocycles. The second-order valence-electron chi connectivity index (χ2n) is 5.99. The van der Waals surface area contributed by atoms with Gasteiger partial charge in [-0.1, -0.05) is 13.8 Å². The molecule has 3 heteroatoms. The minimum absolute atomic E-state index is 0.353. The Morgan fingerprint density at radius 2 is 1.69 bits per heavy atom. The smallest absolute Gasteiger partial charge is 0.0270 e. The predicted molar refractivity (Wildman–Crippen MR) is 70.5 cm³/mol. The first kappa shape index (κ1) is 13.9. The van der Waals surface area contributed by atoms with Crippen LogP contribution in [0.1, 0.15) is 26.7 Å². The third kappa shape index (κ3) is 3.72. The van der Waals surface area contributed by atoms with Gasteiger partial charge in [-0.2, -0.15) is 0 Å². The van der Waals surface area contributed by atoms with E-state index < -0.39 is 0 Å². The summed E-state index contributed by atoms with van der Waals surface area (Å²) in [6.07, 6.45) is 2.51. The molecule has 1 saturated carbocycles. The average Bonchev–Trinajstić information content (AvgIpc) is 2.12. The molecule has 4 atom stereocenters. The fraction of sp³-hybridized carbons (Fsp3) is 1.00. The first-order chi connectivity index (χ1) is 7.41. The van der Waals surface area contributed by atoms with E-state index in [0.717, 1.165) is 24.9 Å². The standard InChI is InChI=1S/C13H29N3/c1-10-8-11(2)13(12(14)9-10)16(5)7-6-15(3)4/h10-13H,6-9,14H2,1-5H3. The molecule has 2 N–H and O–H groups in total. The van der Waals surface area contributed by atoms with Gasteiger partial charge in [0.15, 0.2) is 0 Å². The summed E-state index contributed by atoms with van der Waals surface area (Å²) in [5.41, 5.74) is 6.31. The largest absolute Gasteiger partial charge is 0.326 e. The molecule has 0 heterocycles. The van der Waals surface area contributed by atoms with Gasteiger partial charge in [0.25, 0.3) is 0 Å². The van der Waals surface area contributed by atoms with Crippen LogP contribution in [0, 0.1) is 11.8 Å². The molecular weight excluding hydrogens is 198 g/mol. The van der Waals surface area contributed by atoms with Gasteiger partial charge < -0.3 is 15.5 Å². The number of nitrogens with two attached hydrogens (primary N) is 1. The lowest BCUT2D eigenvalue weighted by atomic mass is 9.76. The van der Waals surface area contributed by atoms with Crippen molar-refractivity contribution in [2.45, 2.75) is 38.8 Å². The molecule has 1 aliphatic rings. The minimum atomic E-state index is 0.353. The quantitative estimate of drug-likeness (QED) is 0.784. The molecule has 3 nitrogen and oxygen atoms in total. The number of rotatable bonds is 4. The molecule has 0 aliphatic heterocycles. The second-order valence-corrected chi connectivity index (χ2v) is 5.99. The summed E-state index contributed by atoms with van der Waals surface area (Å²) in [5.74, 6) is 1.52. The summed E-state index contributed by atoms with van der Waals surface area (Å²) >= 11 is 0. The monoisotopic (exact) mass is 227 g/mol. The SMILES string of the molecule is CC1CC(C)C(N(C)CCN(C)C)C(N)C1. The van der Waals surface area contributed by atoms with Crippen LogP contribution in [0.15, 0.2) is 0 Å². The van der Waals surface area contributed by atoms with E-state index in [1.807, 2.05) is 0 Å². The van der Waals surface area contributed by atoms with Crippen LogP contribution in [0.2, 0.25) is 0 Å². The van der Waals surface area contributed by atoms with Crippen LogP contribution < -0.4 is 5.73 Å². The maximum absolute atomic E-state index is 6.31. The lowest BCUT2D eigenvalue weighted by molar-refractivity contribution is 0.0910. The van der Waals surface area contributed by atoms with Crippen molar-refractivity contribution in [2.24, 2.45) is 17.6 Å². The minimum Gasteiger partial charge on any atom is -0.326 e. The van der Waals surface area contributed by atoms with Gasteiger partial charge >= 0.3 is 0 Å². The van der Waals surface area contributed by atoms with E-state index in [9.17, 15) is 0 Å². The molecule has 1 aliphatic carbocycles. The average molecular weight is 227 g/mol. The van der Waals surface area contributed by atoms with E-state index >= 15 is 0 Å². The lowest BCUT2D eigenvalue weighted by Crippen LogP contribution is -2.54. The number of nitrogens with zero attached hydrogens (tertiary/aromatic N) is 2. The summed E-state index contributed by atoms with van der Waals surface area (Å²) in [5, 5.41) is 0.